The smallest absolute Gasteiger partial charge is 0.303 e. The van der Waals surface area contributed by atoms with Gasteiger partial charge in [-0.05, 0) is 18.3 Å². The number of hydrogen-bond donors (Lipinski definition) is 1. The Bertz CT molecular complexity index is 353. The van der Waals surface area contributed by atoms with Crippen LogP contribution >= 0.6 is 0 Å². The van der Waals surface area contributed by atoms with E-state index in [4.69, 9.17) is 5.11 Å². The molecule has 180 valence electrons. The lowest BCUT2D eigenvalue weighted by Crippen LogP contribution is -2.08. The van der Waals surface area contributed by atoms with Crippen LogP contribution in [0.25, 0.3) is 0 Å². The van der Waals surface area contributed by atoms with Crippen molar-refractivity contribution in [3.05, 3.63) is 0 Å². The van der Waals surface area contributed by atoms with Crippen LogP contribution in [-0.2, 0) is 4.79 Å². The monoisotopic (exact) mass is 424 g/mol. The van der Waals surface area contributed by atoms with Gasteiger partial charge < -0.3 is 5.11 Å². The average Bonchev–Trinajstić information content (AvgIpc) is 2.69. The van der Waals surface area contributed by atoms with Crippen molar-refractivity contribution in [3.63, 3.8) is 0 Å². The number of carboxylic acids is 1. The number of unbranched alkanes of at least 4 members (excludes halogenated alkanes) is 18. The molecule has 1 N–H and O–H groups in total. The second-order valence-corrected chi connectivity index (χ2v) is 10.2. The maximum absolute atomic E-state index is 10.7. The van der Waals surface area contributed by atoms with Crippen molar-refractivity contribution in [2.75, 3.05) is 0 Å². The quantitative estimate of drug-likeness (QED) is 0.156. The highest BCUT2D eigenvalue weighted by atomic mass is 16.4. The lowest BCUT2D eigenvalue weighted by atomic mass is 9.91. The van der Waals surface area contributed by atoms with Crippen LogP contribution < -0.4 is 0 Å². The zero-order chi connectivity index (χ0) is 22.3. The molecule has 0 aliphatic rings. The van der Waals surface area contributed by atoms with Crippen LogP contribution in [0.5, 0.6) is 0 Å². The molecule has 0 amide bonds. The van der Waals surface area contributed by atoms with Crippen LogP contribution in [0.3, 0.4) is 0 Å². The highest BCUT2D eigenvalue weighted by Crippen LogP contribution is 2.21. The van der Waals surface area contributed by atoms with E-state index in [0.29, 0.717) is 18.3 Å². The first kappa shape index (κ1) is 29.5. The number of rotatable bonds is 24. The van der Waals surface area contributed by atoms with Crippen molar-refractivity contribution in [3.8, 4) is 0 Å². The van der Waals surface area contributed by atoms with Crippen LogP contribution in [0.15, 0.2) is 0 Å². The van der Waals surface area contributed by atoms with Crippen molar-refractivity contribution >= 4 is 5.97 Å². The van der Waals surface area contributed by atoms with E-state index in [1.54, 1.807) is 0 Å². The molecule has 0 fully saturated rings. The third-order valence-corrected chi connectivity index (χ3v) is 6.63. The van der Waals surface area contributed by atoms with Gasteiger partial charge in [-0.2, -0.15) is 0 Å². The molecule has 2 unspecified atom stereocenters. The molecule has 0 bridgehead atoms. The van der Waals surface area contributed by atoms with Gasteiger partial charge in [0.2, 0.25) is 0 Å². The predicted molar refractivity (Wildman–Crippen MR) is 133 cm³/mol. The number of carboxylic acid groups (broad SMARTS) is 1. The molecule has 0 radical (unpaired) electrons. The number of aliphatic carboxylic acids is 1. The van der Waals surface area contributed by atoms with Gasteiger partial charge in [0.05, 0.1) is 0 Å². The van der Waals surface area contributed by atoms with E-state index in [1.165, 1.54) is 128 Å². The SMILES string of the molecule is CCCCCCCCCCCCCCCCCCCCCC(C)CC(C)CC(=O)O. The summed E-state index contributed by atoms with van der Waals surface area (Å²) in [7, 11) is 0. The Morgan fingerprint density at radius 2 is 0.900 bits per heavy atom. The molecule has 0 saturated carbocycles. The minimum Gasteiger partial charge on any atom is -0.481 e. The van der Waals surface area contributed by atoms with E-state index in [0.717, 1.165) is 6.42 Å². The zero-order valence-electron chi connectivity index (χ0n) is 21.1. The molecular formula is C28H56O2. The first-order valence-electron chi connectivity index (χ1n) is 13.8. The van der Waals surface area contributed by atoms with E-state index in [-0.39, 0.29) is 0 Å². The molecule has 0 rings (SSSR count). The molecule has 30 heavy (non-hydrogen) atoms. The maximum atomic E-state index is 10.7. The molecule has 2 heteroatoms. The Morgan fingerprint density at radius 3 is 1.23 bits per heavy atom. The lowest BCUT2D eigenvalue weighted by Gasteiger charge is -2.15. The van der Waals surface area contributed by atoms with Crippen LogP contribution in [0.4, 0.5) is 0 Å². The predicted octanol–water partition coefficient (Wildman–Crippen LogP) is 9.95. The number of carbonyl (C=O) groups is 1. The molecule has 0 aromatic carbocycles. The maximum Gasteiger partial charge on any atom is 0.303 e. The van der Waals surface area contributed by atoms with E-state index in [9.17, 15) is 4.79 Å². The highest BCUT2D eigenvalue weighted by Gasteiger charge is 2.11. The normalized spacial score (nSPS) is 13.4. The third kappa shape index (κ3) is 23.7. The van der Waals surface area contributed by atoms with Gasteiger partial charge >= 0.3 is 5.97 Å². The highest BCUT2D eigenvalue weighted by molar-refractivity contribution is 5.66. The Morgan fingerprint density at radius 1 is 0.567 bits per heavy atom. The zero-order valence-corrected chi connectivity index (χ0v) is 21.1. The molecular weight excluding hydrogens is 368 g/mol. The third-order valence-electron chi connectivity index (χ3n) is 6.63. The van der Waals surface area contributed by atoms with Gasteiger partial charge in [0.15, 0.2) is 0 Å². The minimum atomic E-state index is -0.654. The topological polar surface area (TPSA) is 37.3 Å². The molecule has 2 atom stereocenters. The second-order valence-electron chi connectivity index (χ2n) is 10.2. The summed E-state index contributed by atoms with van der Waals surface area (Å²) >= 11 is 0. The summed E-state index contributed by atoms with van der Waals surface area (Å²) in [5, 5.41) is 8.84. The fourth-order valence-electron chi connectivity index (χ4n) is 4.76. The Balaban J connectivity index is 3.17. The summed E-state index contributed by atoms with van der Waals surface area (Å²) < 4.78 is 0. The van der Waals surface area contributed by atoms with Crippen LogP contribution in [-0.4, -0.2) is 11.1 Å². The van der Waals surface area contributed by atoms with Crippen molar-refractivity contribution in [1.29, 1.82) is 0 Å². The van der Waals surface area contributed by atoms with Crippen LogP contribution in [0.2, 0.25) is 0 Å². The summed E-state index contributed by atoms with van der Waals surface area (Å²) in [5.74, 6) is 0.334. The number of hydrogen-bond acceptors (Lipinski definition) is 1. The second kappa shape index (κ2) is 23.1. The minimum absolute atomic E-state index is 0.317. The van der Waals surface area contributed by atoms with Gasteiger partial charge in [0, 0.05) is 6.42 Å². The fourth-order valence-corrected chi connectivity index (χ4v) is 4.76. The first-order chi connectivity index (χ1) is 14.6. The van der Waals surface area contributed by atoms with Crippen LogP contribution in [0.1, 0.15) is 162 Å². The molecule has 0 heterocycles. The Hall–Kier alpha value is -0.530. The van der Waals surface area contributed by atoms with Gasteiger partial charge in [-0.25, -0.2) is 0 Å². The first-order valence-corrected chi connectivity index (χ1v) is 13.8. The van der Waals surface area contributed by atoms with Gasteiger partial charge in [-0.3, -0.25) is 4.79 Å². The summed E-state index contributed by atoms with van der Waals surface area (Å²) in [6.07, 6.45) is 29.8. The van der Waals surface area contributed by atoms with E-state index >= 15 is 0 Å². The van der Waals surface area contributed by atoms with E-state index in [1.807, 2.05) is 0 Å². The van der Waals surface area contributed by atoms with Gasteiger partial charge in [-0.1, -0.05) is 149 Å². The molecule has 0 aliphatic carbocycles. The Labute approximate surface area is 190 Å². The Kier molecular flexibility index (Phi) is 22.7. The molecule has 0 aliphatic heterocycles. The molecule has 0 saturated heterocycles. The van der Waals surface area contributed by atoms with E-state index < -0.39 is 5.97 Å². The summed E-state index contributed by atoms with van der Waals surface area (Å²) in [5.41, 5.74) is 0. The fraction of sp³-hybridized carbons (Fsp3) is 0.964. The van der Waals surface area contributed by atoms with Crippen molar-refractivity contribution < 1.29 is 9.90 Å². The molecule has 0 aromatic heterocycles. The van der Waals surface area contributed by atoms with Crippen molar-refractivity contribution in [2.45, 2.75) is 162 Å². The lowest BCUT2D eigenvalue weighted by molar-refractivity contribution is -0.138. The van der Waals surface area contributed by atoms with Crippen molar-refractivity contribution in [1.82, 2.24) is 0 Å². The average molecular weight is 425 g/mol. The summed E-state index contributed by atoms with van der Waals surface area (Å²) in [6, 6.07) is 0. The van der Waals surface area contributed by atoms with E-state index in [2.05, 4.69) is 20.8 Å². The van der Waals surface area contributed by atoms with Gasteiger partial charge in [-0.15, -0.1) is 0 Å². The summed E-state index contributed by atoms with van der Waals surface area (Å²) in [6.45, 7) is 6.65. The van der Waals surface area contributed by atoms with Gasteiger partial charge in [0.1, 0.15) is 0 Å². The molecule has 2 nitrogen and oxygen atoms in total. The largest absolute Gasteiger partial charge is 0.481 e. The molecule has 0 spiro atoms. The molecule has 0 aromatic rings. The standard InChI is InChI=1S/C28H56O2/c1-4-5-6-7-8-9-10-11-12-13-14-15-16-17-18-19-20-21-22-23-26(2)24-27(3)25-28(29)30/h26-27H,4-25H2,1-3H3,(H,29,30). The summed E-state index contributed by atoms with van der Waals surface area (Å²) in [4.78, 5) is 10.7. The van der Waals surface area contributed by atoms with Crippen molar-refractivity contribution in [2.24, 2.45) is 11.8 Å². The van der Waals surface area contributed by atoms with Gasteiger partial charge in [0.25, 0.3) is 0 Å². The van der Waals surface area contributed by atoms with Crippen LogP contribution in [0, 0.1) is 11.8 Å².